The van der Waals surface area contributed by atoms with Crippen LogP contribution in [0.5, 0.6) is 0 Å². The highest BCUT2D eigenvalue weighted by Gasteiger charge is 2.48. The Morgan fingerprint density at radius 1 is 1.06 bits per heavy atom. The number of nitrogens with one attached hydrogen (secondary N) is 1. The van der Waals surface area contributed by atoms with Gasteiger partial charge in [-0.05, 0) is 42.0 Å². The highest BCUT2D eigenvalue weighted by Crippen LogP contribution is 2.51. The second kappa shape index (κ2) is 8.29. The maximum atomic E-state index is 14.4. The molecule has 0 unspecified atom stereocenters. The summed E-state index contributed by atoms with van der Waals surface area (Å²) < 4.78 is 54.3. The van der Waals surface area contributed by atoms with E-state index in [4.69, 9.17) is 0 Å². The smallest absolute Gasteiger partial charge is 0.226 e. The van der Waals surface area contributed by atoms with Crippen LogP contribution in [0, 0.1) is 17.6 Å². The number of amides is 1. The van der Waals surface area contributed by atoms with Crippen molar-refractivity contribution in [1.29, 1.82) is 0 Å². The molecule has 2 aliphatic rings. The topological polar surface area (TPSA) is 86.7 Å². The van der Waals surface area contributed by atoms with E-state index in [9.17, 15) is 27.1 Å². The normalized spacial score (nSPS) is 26.0. The van der Waals surface area contributed by atoms with Crippen LogP contribution in [0.15, 0.2) is 42.5 Å². The summed E-state index contributed by atoms with van der Waals surface area (Å²) in [7, 11) is -3.47. The van der Waals surface area contributed by atoms with Gasteiger partial charge in [0.05, 0.1) is 17.9 Å². The number of nitrogens with zero attached hydrogens (tertiary/aromatic N) is 1. The number of rotatable bonds is 5. The molecule has 2 fully saturated rings. The number of carbonyl (C=O) groups excluding carboxylic acids is 1. The Kier molecular flexibility index (Phi) is 5.85. The Hall–Kier alpha value is -2.36. The van der Waals surface area contributed by atoms with Gasteiger partial charge in [-0.2, -0.15) is 0 Å². The number of aliphatic hydroxyl groups excluding tert-OH is 1. The average molecular weight is 451 g/mol. The molecule has 1 heterocycles. The van der Waals surface area contributed by atoms with Crippen molar-refractivity contribution in [2.45, 2.75) is 30.9 Å². The van der Waals surface area contributed by atoms with Crippen molar-refractivity contribution in [3.05, 3.63) is 59.7 Å². The number of sulfonamides is 1. The number of halogens is 2. The molecule has 0 aromatic heterocycles. The Morgan fingerprint density at radius 2 is 1.74 bits per heavy atom. The lowest BCUT2D eigenvalue weighted by Crippen LogP contribution is -2.54. The summed E-state index contributed by atoms with van der Waals surface area (Å²) in [5.74, 6) is -2.08. The highest BCUT2D eigenvalue weighted by atomic mass is 32.2. The number of carbonyl (C=O) groups is 1. The molecule has 1 aliphatic heterocycles. The van der Waals surface area contributed by atoms with Gasteiger partial charge in [0.1, 0.15) is 11.6 Å². The van der Waals surface area contributed by atoms with E-state index < -0.39 is 33.8 Å². The van der Waals surface area contributed by atoms with Crippen LogP contribution in [0.25, 0.3) is 11.1 Å². The van der Waals surface area contributed by atoms with Crippen molar-refractivity contribution < 1.29 is 27.1 Å². The van der Waals surface area contributed by atoms with Gasteiger partial charge in [-0.1, -0.05) is 30.3 Å². The molecular formula is C22H24F2N2O4S. The van der Waals surface area contributed by atoms with E-state index in [1.165, 1.54) is 23.1 Å². The molecule has 2 aromatic carbocycles. The van der Waals surface area contributed by atoms with E-state index in [0.29, 0.717) is 17.5 Å². The van der Waals surface area contributed by atoms with Gasteiger partial charge in [0.15, 0.2) is 0 Å². The molecule has 0 spiro atoms. The molecule has 4 rings (SSSR count). The Morgan fingerprint density at radius 3 is 2.42 bits per heavy atom. The van der Waals surface area contributed by atoms with Crippen LogP contribution in [-0.2, 0) is 14.8 Å². The predicted molar refractivity (Wildman–Crippen MR) is 112 cm³/mol. The zero-order valence-electron chi connectivity index (χ0n) is 17.0. The Balaban J connectivity index is 1.54. The standard InChI is InChI=1S/C22H24F2N2O4S/c1-31(29,30)25-13-9-14(27)12-26(11-13)22(28)18-10-17(18)15-5-2-3-6-16(15)21-19(23)7-4-8-20(21)24/h2-8,13-14,17-18,25,27H,9-12H2,1H3/t13-,14-,17-,18+/m0/s1. The third kappa shape index (κ3) is 4.78. The number of β-amino-alcohol motifs (C(OH)–C–C–N with tert-alkyl or cyclic N) is 1. The van der Waals surface area contributed by atoms with Crippen molar-refractivity contribution in [1.82, 2.24) is 9.62 Å². The number of aliphatic hydroxyl groups is 1. The molecule has 1 saturated carbocycles. The fourth-order valence-corrected chi connectivity index (χ4v) is 5.27. The zero-order valence-corrected chi connectivity index (χ0v) is 17.8. The summed E-state index contributed by atoms with van der Waals surface area (Å²) in [5.41, 5.74) is 1.02. The third-order valence-electron chi connectivity index (χ3n) is 5.82. The van der Waals surface area contributed by atoms with E-state index >= 15 is 0 Å². The second-order valence-corrected chi connectivity index (χ2v) is 10.1. The molecular weight excluding hydrogens is 426 g/mol. The minimum Gasteiger partial charge on any atom is -0.391 e. The molecule has 2 N–H and O–H groups in total. The lowest BCUT2D eigenvalue weighted by atomic mass is 9.95. The molecule has 31 heavy (non-hydrogen) atoms. The van der Waals surface area contributed by atoms with E-state index in [2.05, 4.69) is 4.72 Å². The first-order valence-electron chi connectivity index (χ1n) is 10.1. The molecule has 1 aliphatic carbocycles. The van der Waals surface area contributed by atoms with Crippen molar-refractivity contribution >= 4 is 15.9 Å². The third-order valence-corrected chi connectivity index (χ3v) is 6.58. The summed E-state index contributed by atoms with van der Waals surface area (Å²) in [6.45, 7) is 0.309. The van der Waals surface area contributed by atoms with E-state index in [-0.39, 0.29) is 42.8 Å². The van der Waals surface area contributed by atoms with Gasteiger partial charge in [0.2, 0.25) is 15.9 Å². The van der Waals surface area contributed by atoms with Gasteiger partial charge >= 0.3 is 0 Å². The van der Waals surface area contributed by atoms with E-state index in [1.54, 1.807) is 24.3 Å². The molecule has 4 atom stereocenters. The van der Waals surface area contributed by atoms with Crippen molar-refractivity contribution in [2.24, 2.45) is 5.92 Å². The van der Waals surface area contributed by atoms with E-state index in [1.807, 2.05) is 0 Å². The summed E-state index contributed by atoms with van der Waals surface area (Å²) in [6, 6.07) is 10.1. The number of hydrogen-bond donors (Lipinski definition) is 2. The van der Waals surface area contributed by atoms with Crippen molar-refractivity contribution in [2.75, 3.05) is 19.3 Å². The molecule has 9 heteroatoms. The fourth-order valence-electron chi connectivity index (χ4n) is 4.49. The molecule has 0 bridgehead atoms. The van der Waals surface area contributed by atoms with Crippen LogP contribution >= 0.6 is 0 Å². The predicted octanol–water partition coefficient (Wildman–Crippen LogP) is 2.25. The van der Waals surface area contributed by atoms with Crippen LogP contribution in [-0.4, -0.2) is 55.8 Å². The van der Waals surface area contributed by atoms with Crippen LogP contribution < -0.4 is 4.72 Å². The maximum absolute atomic E-state index is 14.4. The lowest BCUT2D eigenvalue weighted by molar-refractivity contribution is -0.136. The fraction of sp³-hybridized carbons (Fsp3) is 0.409. The quantitative estimate of drug-likeness (QED) is 0.732. The zero-order chi connectivity index (χ0) is 22.3. The number of hydrogen-bond acceptors (Lipinski definition) is 4. The summed E-state index contributed by atoms with van der Waals surface area (Å²) in [6.07, 6.45) is 0.979. The van der Waals surface area contributed by atoms with Gasteiger partial charge in [-0.3, -0.25) is 4.79 Å². The first-order valence-corrected chi connectivity index (χ1v) is 12.0. The molecule has 0 radical (unpaired) electrons. The van der Waals surface area contributed by atoms with Gasteiger partial charge in [0, 0.05) is 25.0 Å². The molecule has 166 valence electrons. The summed E-state index contributed by atoms with van der Waals surface area (Å²) in [5, 5.41) is 10.1. The highest BCUT2D eigenvalue weighted by molar-refractivity contribution is 7.88. The summed E-state index contributed by atoms with van der Waals surface area (Å²) >= 11 is 0. The van der Waals surface area contributed by atoms with Gasteiger partial charge < -0.3 is 10.0 Å². The molecule has 1 saturated heterocycles. The van der Waals surface area contributed by atoms with Crippen molar-refractivity contribution in [3.8, 4) is 11.1 Å². The first-order chi connectivity index (χ1) is 14.6. The van der Waals surface area contributed by atoms with Gasteiger partial charge in [-0.25, -0.2) is 21.9 Å². The van der Waals surface area contributed by atoms with Crippen molar-refractivity contribution in [3.63, 3.8) is 0 Å². The van der Waals surface area contributed by atoms with Crippen LogP contribution in [0.2, 0.25) is 0 Å². The minimum absolute atomic E-state index is 0.109. The second-order valence-electron chi connectivity index (χ2n) is 8.35. The summed E-state index contributed by atoms with van der Waals surface area (Å²) in [4.78, 5) is 14.6. The number of benzene rings is 2. The monoisotopic (exact) mass is 450 g/mol. The molecule has 2 aromatic rings. The van der Waals surface area contributed by atoms with Crippen LogP contribution in [0.1, 0.15) is 24.3 Å². The minimum atomic E-state index is -3.47. The van der Waals surface area contributed by atoms with Crippen LogP contribution in [0.3, 0.4) is 0 Å². The molecule has 1 amide bonds. The van der Waals surface area contributed by atoms with Gasteiger partial charge in [-0.15, -0.1) is 0 Å². The number of piperidine rings is 1. The van der Waals surface area contributed by atoms with E-state index in [0.717, 1.165) is 6.26 Å². The average Bonchev–Trinajstić information content (AvgIpc) is 3.46. The largest absolute Gasteiger partial charge is 0.391 e. The lowest BCUT2D eigenvalue weighted by Gasteiger charge is -2.36. The van der Waals surface area contributed by atoms with Crippen LogP contribution in [0.4, 0.5) is 8.78 Å². The maximum Gasteiger partial charge on any atom is 0.226 e. The molecule has 6 nitrogen and oxygen atoms in total. The van der Waals surface area contributed by atoms with Gasteiger partial charge in [0.25, 0.3) is 0 Å². The first kappa shape index (κ1) is 21.9. The Labute approximate surface area is 179 Å². The SMILES string of the molecule is CS(=O)(=O)N[C@H]1C[C@H](O)CN(C(=O)[C@@H]2C[C@H]2c2ccccc2-c2c(F)cccc2F)C1. The number of likely N-dealkylation sites (tertiary alicyclic amines) is 1. The Bertz CT molecular complexity index is 1090.